The lowest BCUT2D eigenvalue weighted by atomic mass is 9.73. The molecule has 0 spiro atoms. The second-order valence-electron chi connectivity index (χ2n) is 7.19. The fourth-order valence-corrected chi connectivity index (χ4v) is 4.24. The number of hydrogen-bond donors (Lipinski definition) is 1. The summed E-state index contributed by atoms with van der Waals surface area (Å²) in [5, 5.41) is 3.74. The fraction of sp³-hybridized carbons (Fsp3) is 0.318. The maximum atomic E-state index is 13.4. The van der Waals surface area contributed by atoms with Crippen LogP contribution in [0.3, 0.4) is 0 Å². The molecule has 150 valence electrons. The first kappa shape index (κ1) is 19.6. The van der Waals surface area contributed by atoms with Crippen molar-refractivity contribution < 1.29 is 9.53 Å². The van der Waals surface area contributed by atoms with Crippen LogP contribution in [0, 0.1) is 6.92 Å². The largest absolute Gasteiger partial charge is 0.381 e. The molecular formula is C22H23ClN4O2. The number of nitrogens with one attached hydrogen (secondary N) is 1. The summed E-state index contributed by atoms with van der Waals surface area (Å²) >= 11 is 6.48. The summed E-state index contributed by atoms with van der Waals surface area (Å²) in [6.45, 7) is 3.36. The molecule has 6 nitrogen and oxygen atoms in total. The van der Waals surface area contributed by atoms with E-state index in [0.29, 0.717) is 37.6 Å². The van der Waals surface area contributed by atoms with E-state index in [-0.39, 0.29) is 5.91 Å². The summed E-state index contributed by atoms with van der Waals surface area (Å²) in [6, 6.07) is 11.4. The zero-order chi connectivity index (χ0) is 20.3. The van der Waals surface area contributed by atoms with Gasteiger partial charge >= 0.3 is 0 Å². The molecule has 0 radical (unpaired) electrons. The van der Waals surface area contributed by atoms with Crippen LogP contribution in [0.5, 0.6) is 0 Å². The number of benzene rings is 1. The van der Waals surface area contributed by atoms with E-state index in [2.05, 4.69) is 15.3 Å². The molecule has 1 saturated heterocycles. The highest BCUT2D eigenvalue weighted by atomic mass is 35.5. The molecule has 3 aromatic rings. The quantitative estimate of drug-likeness (QED) is 0.697. The van der Waals surface area contributed by atoms with Crippen molar-refractivity contribution >= 4 is 17.5 Å². The normalized spacial score (nSPS) is 15.8. The molecule has 0 atom stereocenters. The number of amides is 1. The van der Waals surface area contributed by atoms with Crippen LogP contribution in [0.1, 0.15) is 29.8 Å². The number of aryl methyl sites for hydroxylation is 1. The molecule has 29 heavy (non-hydrogen) atoms. The van der Waals surface area contributed by atoms with Crippen molar-refractivity contribution in [3.63, 3.8) is 0 Å². The van der Waals surface area contributed by atoms with E-state index in [1.165, 1.54) is 0 Å². The molecule has 1 aliphatic heterocycles. The number of rotatable bonds is 5. The Hall–Kier alpha value is -2.70. The van der Waals surface area contributed by atoms with Crippen LogP contribution >= 0.6 is 11.6 Å². The van der Waals surface area contributed by atoms with Gasteiger partial charge in [0.25, 0.3) is 0 Å². The molecule has 0 saturated carbocycles. The number of aromatic nitrogens is 3. The van der Waals surface area contributed by atoms with Crippen LogP contribution in [0.25, 0.3) is 5.82 Å². The molecule has 4 rings (SSSR count). The molecule has 2 aromatic heterocycles. The third-order valence-electron chi connectivity index (χ3n) is 5.53. The smallest absolute Gasteiger partial charge is 0.231 e. The van der Waals surface area contributed by atoms with Gasteiger partial charge < -0.3 is 10.1 Å². The average Bonchev–Trinajstić information content (AvgIpc) is 3.18. The van der Waals surface area contributed by atoms with E-state index in [0.717, 1.165) is 22.8 Å². The van der Waals surface area contributed by atoms with E-state index in [1.54, 1.807) is 12.4 Å². The Bertz CT molecular complexity index is 1010. The maximum absolute atomic E-state index is 13.4. The van der Waals surface area contributed by atoms with Gasteiger partial charge in [-0.3, -0.25) is 9.36 Å². The van der Waals surface area contributed by atoms with E-state index in [9.17, 15) is 4.79 Å². The van der Waals surface area contributed by atoms with E-state index in [1.807, 2.05) is 54.1 Å². The summed E-state index contributed by atoms with van der Waals surface area (Å²) in [7, 11) is 0. The number of hydrogen-bond acceptors (Lipinski definition) is 4. The van der Waals surface area contributed by atoms with E-state index >= 15 is 0 Å². The standard InChI is InChI=1S/C22H23ClN4O2/c1-16-24-11-12-27(16)20-17(5-4-10-25-20)15-26-21(28)22(8-13-29-14-9-22)18-6-2-3-7-19(18)23/h2-7,10-12H,8-9,13-15H2,1H3,(H,26,28). The summed E-state index contributed by atoms with van der Waals surface area (Å²) in [5.74, 6) is 1.57. The van der Waals surface area contributed by atoms with Crippen molar-refractivity contribution in [3.8, 4) is 5.82 Å². The minimum Gasteiger partial charge on any atom is -0.381 e. The molecule has 1 aliphatic rings. The average molecular weight is 411 g/mol. The maximum Gasteiger partial charge on any atom is 0.231 e. The van der Waals surface area contributed by atoms with Gasteiger partial charge in [0.15, 0.2) is 0 Å². The Morgan fingerprint density at radius 1 is 1.17 bits per heavy atom. The molecule has 1 fully saturated rings. The van der Waals surface area contributed by atoms with Crippen LogP contribution in [0.2, 0.25) is 5.02 Å². The second-order valence-corrected chi connectivity index (χ2v) is 7.59. The molecular weight excluding hydrogens is 388 g/mol. The molecule has 1 aromatic carbocycles. The van der Waals surface area contributed by atoms with Crippen LogP contribution in [-0.4, -0.2) is 33.7 Å². The highest BCUT2D eigenvalue weighted by molar-refractivity contribution is 6.31. The lowest BCUT2D eigenvalue weighted by Crippen LogP contribution is -2.48. The van der Waals surface area contributed by atoms with Gasteiger partial charge in [0.05, 0.1) is 5.41 Å². The van der Waals surface area contributed by atoms with Crippen LogP contribution in [0.15, 0.2) is 55.0 Å². The summed E-state index contributed by atoms with van der Waals surface area (Å²) in [6.07, 6.45) is 6.55. The number of carbonyl (C=O) groups excluding carboxylic acids is 1. The molecule has 0 bridgehead atoms. The number of pyridine rings is 1. The van der Waals surface area contributed by atoms with Crippen molar-refractivity contribution in [1.82, 2.24) is 19.9 Å². The predicted octanol–water partition coefficient (Wildman–Crippen LogP) is 3.59. The number of imidazole rings is 1. The van der Waals surface area contributed by atoms with Gasteiger partial charge in [0.2, 0.25) is 5.91 Å². The first-order valence-corrected chi connectivity index (χ1v) is 10.0. The molecule has 0 unspecified atom stereocenters. The van der Waals surface area contributed by atoms with Crippen molar-refractivity contribution in [2.24, 2.45) is 0 Å². The summed E-state index contributed by atoms with van der Waals surface area (Å²) < 4.78 is 7.45. The number of halogens is 1. The van der Waals surface area contributed by atoms with Gasteiger partial charge in [-0.2, -0.15) is 0 Å². The lowest BCUT2D eigenvalue weighted by Gasteiger charge is -2.36. The molecule has 7 heteroatoms. The Kier molecular flexibility index (Phi) is 5.65. The van der Waals surface area contributed by atoms with Crippen molar-refractivity contribution in [2.45, 2.75) is 31.7 Å². The van der Waals surface area contributed by atoms with Gasteiger partial charge in [-0.25, -0.2) is 9.97 Å². The minimum atomic E-state index is -0.691. The Morgan fingerprint density at radius 2 is 1.97 bits per heavy atom. The highest BCUT2D eigenvalue weighted by Gasteiger charge is 2.42. The highest BCUT2D eigenvalue weighted by Crippen LogP contribution is 2.39. The first-order valence-electron chi connectivity index (χ1n) is 9.67. The SMILES string of the molecule is Cc1nccn1-c1ncccc1CNC(=O)C1(c2ccccc2Cl)CCOCC1. The molecule has 1 amide bonds. The van der Waals surface area contributed by atoms with Crippen LogP contribution in [0.4, 0.5) is 0 Å². The van der Waals surface area contributed by atoms with Crippen LogP contribution < -0.4 is 5.32 Å². The first-order chi connectivity index (χ1) is 14.1. The molecule has 3 heterocycles. The van der Waals surface area contributed by atoms with Gasteiger partial charge in [-0.1, -0.05) is 35.9 Å². The van der Waals surface area contributed by atoms with Crippen molar-refractivity contribution in [3.05, 3.63) is 77.0 Å². The monoisotopic (exact) mass is 410 g/mol. The zero-order valence-electron chi connectivity index (χ0n) is 16.3. The van der Waals surface area contributed by atoms with Gasteiger partial charge in [0.1, 0.15) is 11.6 Å². The third kappa shape index (κ3) is 3.78. The van der Waals surface area contributed by atoms with Crippen LogP contribution in [-0.2, 0) is 21.5 Å². The molecule has 1 N–H and O–H groups in total. The number of ether oxygens (including phenoxy) is 1. The Morgan fingerprint density at radius 3 is 2.69 bits per heavy atom. The number of carbonyl (C=O) groups is 1. The topological polar surface area (TPSA) is 69.0 Å². The summed E-state index contributed by atoms with van der Waals surface area (Å²) in [5.41, 5.74) is 1.09. The van der Waals surface area contributed by atoms with Crippen molar-refractivity contribution in [2.75, 3.05) is 13.2 Å². The fourth-order valence-electron chi connectivity index (χ4n) is 3.92. The third-order valence-corrected chi connectivity index (χ3v) is 5.86. The van der Waals surface area contributed by atoms with Gasteiger partial charge in [-0.05, 0) is 37.5 Å². The van der Waals surface area contributed by atoms with E-state index in [4.69, 9.17) is 16.3 Å². The van der Waals surface area contributed by atoms with Crippen molar-refractivity contribution in [1.29, 1.82) is 0 Å². The minimum absolute atomic E-state index is 0.0361. The second kappa shape index (κ2) is 8.35. The Labute approximate surface area is 174 Å². The van der Waals surface area contributed by atoms with Gasteiger partial charge in [0, 0.05) is 48.9 Å². The lowest BCUT2D eigenvalue weighted by molar-refractivity contribution is -0.130. The van der Waals surface area contributed by atoms with E-state index < -0.39 is 5.41 Å². The zero-order valence-corrected chi connectivity index (χ0v) is 17.0. The number of nitrogens with zero attached hydrogens (tertiary/aromatic N) is 3. The van der Waals surface area contributed by atoms with Gasteiger partial charge in [-0.15, -0.1) is 0 Å². The molecule has 0 aliphatic carbocycles. The summed E-state index contributed by atoms with van der Waals surface area (Å²) in [4.78, 5) is 22.2. The Balaban J connectivity index is 1.61. The predicted molar refractivity (Wildman–Crippen MR) is 111 cm³/mol.